The second-order valence-corrected chi connectivity index (χ2v) is 12.8. The molecule has 0 saturated carbocycles. The molecule has 0 saturated heterocycles. The summed E-state index contributed by atoms with van der Waals surface area (Å²) in [5, 5.41) is 39.9. The average molecular weight is 688 g/mol. The van der Waals surface area contributed by atoms with E-state index in [0.717, 1.165) is 10.6 Å². The molecule has 0 aliphatic heterocycles. The van der Waals surface area contributed by atoms with Gasteiger partial charge in [-0.2, -0.15) is 0 Å². The number of halogens is 1. The number of aliphatic hydroxyl groups excluding tert-OH is 2. The Labute approximate surface area is 270 Å². The van der Waals surface area contributed by atoms with Crippen molar-refractivity contribution in [2.75, 3.05) is 30.8 Å². The Hall–Kier alpha value is -4.49. The van der Waals surface area contributed by atoms with E-state index in [-0.39, 0.29) is 56.5 Å². The van der Waals surface area contributed by atoms with Crippen molar-refractivity contribution in [3.63, 3.8) is 0 Å². The SMILES string of the molecule is CC(C)c1nc(N(C)S(C)(=O)=O)nc(-c2ccc(F)cc2)c1/C=C/[C@@H](O)C[C@@H](O)CC(=O)OCCC(CCCO[N+](=O)[O-])O[N+](=O)[O-]. The number of carbonyl (C=O) groups excluding carboxylic acids is 1. The highest BCUT2D eigenvalue weighted by Gasteiger charge is 2.23. The first-order valence-electron chi connectivity index (χ1n) is 14.4. The van der Waals surface area contributed by atoms with E-state index < -0.39 is 56.7 Å². The highest BCUT2D eigenvalue weighted by molar-refractivity contribution is 7.92. The molecular formula is C28H38FN5O12S. The number of sulfonamides is 1. The van der Waals surface area contributed by atoms with Crippen LogP contribution in [0.2, 0.25) is 0 Å². The molecule has 17 nitrogen and oxygen atoms in total. The van der Waals surface area contributed by atoms with Crippen molar-refractivity contribution in [1.29, 1.82) is 0 Å². The van der Waals surface area contributed by atoms with Crippen LogP contribution in [0.5, 0.6) is 0 Å². The fourth-order valence-corrected chi connectivity index (χ4v) is 4.60. The van der Waals surface area contributed by atoms with Crippen LogP contribution < -0.4 is 4.31 Å². The van der Waals surface area contributed by atoms with Crippen molar-refractivity contribution < 1.29 is 52.4 Å². The predicted molar refractivity (Wildman–Crippen MR) is 165 cm³/mol. The van der Waals surface area contributed by atoms with Gasteiger partial charge in [0, 0.05) is 31.0 Å². The zero-order valence-electron chi connectivity index (χ0n) is 26.2. The summed E-state index contributed by atoms with van der Waals surface area (Å²) >= 11 is 0. The number of carbonyl (C=O) groups is 1. The average Bonchev–Trinajstić information content (AvgIpc) is 2.96. The van der Waals surface area contributed by atoms with Gasteiger partial charge >= 0.3 is 5.97 Å². The number of nitrogens with zero attached hydrogens (tertiary/aromatic N) is 5. The molecule has 1 aromatic carbocycles. The normalized spacial score (nSPS) is 13.6. The van der Waals surface area contributed by atoms with Gasteiger partial charge in [-0.3, -0.25) is 4.79 Å². The van der Waals surface area contributed by atoms with Gasteiger partial charge in [-0.1, -0.05) is 26.0 Å². The minimum absolute atomic E-state index is 0.0249. The Morgan fingerprint density at radius 2 is 1.74 bits per heavy atom. The minimum atomic E-state index is -3.72. The summed E-state index contributed by atoms with van der Waals surface area (Å²) in [7, 11) is -2.43. The fraction of sp³-hybridized carbons (Fsp3) is 0.536. The molecule has 0 radical (unpaired) electrons. The van der Waals surface area contributed by atoms with E-state index in [9.17, 15) is 48.0 Å². The van der Waals surface area contributed by atoms with E-state index in [1.165, 1.54) is 43.5 Å². The summed E-state index contributed by atoms with van der Waals surface area (Å²) < 4.78 is 44.1. The van der Waals surface area contributed by atoms with Crippen LogP contribution in [0.1, 0.15) is 63.1 Å². The molecule has 0 amide bonds. The molecule has 0 fully saturated rings. The van der Waals surface area contributed by atoms with Crippen LogP contribution in [0, 0.1) is 26.0 Å². The molecule has 19 heteroatoms. The Morgan fingerprint density at radius 3 is 2.32 bits per heavy atom. The zero-order valence-corrected chi connectivity index (χ0v) is 27.0. The molecule has 2 rings (SSSR count). The molecule has 0 bridgehead atoms. The lowest BCUT2D eigenvalue weighted by Gasteiger charge is -2.20. The molecule has 2 aromatic rings. The Kier molecular flexibility index (Phi) is 14.8. The van der Waals surface area contributed by atoms with Crippen LogP contribution in [0.4, 0.5) is 10.3 Å². The van der Waals surface area contributed by atoms with Crippen LogP contribution in [0.3, 0.4) is 0 Å². The number of aromatic nitrogens is 2. The van der Waals surface area contributed by atoms with Gasteiger partial charge in [-0.15, -0.1) is 20.2 Å². The number of ether oxygens (including phenoxy) is 1. The van der Waals surface area contributed by atoms with Crippen LogP contribution >= 0.6 is 0 Å². The maximum absolute atomic E-state index is 13.7. The lowest BCUT2D eigenvalue weighted by atomic mass is 9.97. The minimum Gasteiger partial charge on any atom is -0.466 e. The number of rotatable bonds is 20. The third-order valence-electron chi connectivity index (χ3n) is 6.61. The van der Waals surface area contributed by atoms with Crippen LogP contribution in [-0.2, 0) is 29.2 Å². The number of esters is 1. The Balaban J connectivity index is 2.12. The van der Waals surface area contributed by atoms with Crippen molar-refractivity contribution in [1.82, 2.24) is 9.97 Å². The van der Waals surface area contributed by atoms with Crippen LogP contribution in [0.25, 0.3) is 17.3 Å². The maximum atomic E-state index is 13.7. The molecule has 3 atom stereocenters. The maximum Gasteiger partial charge on any atom is 0.308 e. The third kappa shape index (κ3) is 13.4. The molecular weight excluding hydrogens is 649 g/mol. The first kappa shape index (κ1) is 38.7. The molecule has 1 aromatic heterocycles. The molecule has 1 unspecified atom stereocenters. The molecule has 1 heterocycles. The van der Waals surface area contributed by atoms with Crippen LogP contribution in [-0.4, -0.2) is 89.6 Å². The predicted octanol–water partition coefficient (Wildman–Crippen LogP) is 2.82. The van der Waals surface area contributed by atoms with E-state index in [0.29, 0.717) is 16.8 Å². The summed E-state index contributed by atoms with van der Waals surface area (Å²) in [6.45, 7) is 3.05. The summed E-state index contributed by atoms with van der Waals surface area (Å²) in [6.07, 6.45) is -0.554. The second kappa shape index (κ2) is 18.0. The molecule has 47 heavy (non-hydrogen) atoms. The van der Waals surface area contributed by atoms with Gasteiger partial charge in [0.25, 0.3) is 10.2 Å². The summed E-state index contributed by atoms with van der Waals surface area (Å²) in [5.74, 6) is -1.69. The summed E-state index contributed by atoms with van der Waals surface area (Å²) in [5.41, 5.74) is 1.57. The largest absolute Gasteiger partial charge is 0.466 e. The first-order valence-corrected chi connectivity index (χ1v) is 16.2. The number of benzene rings is 1. The highest BCUT2D eigenvalue weighted by Crippen LogP contribution is 2.31. The lowest BCUT2D eigenvalue weighted by Crippen LogP contribution is -2.27. The van der Waals surface area contributed by atoms with Crippen molar-refractivity contribution in [3.05, 3.63) is 67.6 Å². The van der Waals surface area contributed by atoms with Gasteiger partial charge < -0.3 is 24.6 Å². The highest BCUT2D eigenvalue weighted by atomic mass is 32.2. The molecule has 0 spiro atoms. The lowest BCUT2D eigenvalue weighted by molar-refractivity contribution is -0.769. The Morgan fingerprint density at radius 1 is 1.09 bits per heavy atom. The number of anilines is 1. The van der Waals surface area contributed by atoms with Crippen molar-refractivity contribution in [3.8, 4) is 11.3 Å². The quantitative estimate of drug-likeness (QED) is 0.0882. The van der Waals surface area contributed by atoms with E-state index in [1.54, 1.807) is 0 Å². The molecule has 260 valence electrons. The van der Waals surface area contributed by atoms with Gasteiger partial charge in [-0.05, 0) is 43.0 Å². The van der Waals surface area contributed by atoms with Crippen LogP contribution in [0.15, 0.2) is 30.3 Å². The first-order chi connectivity index (χ1) is 22.0. The second-order valence-electron chi connectivity index (χ2n) is 10.7. The van der Waals surface area contributed by atoms with E-state index in [2.05, 4.69) is 19.6 Å². The standard InChI is InChI=1S/C28H38FN5O12S/c1-18(2)26-24(27(19-7-9-20(29)10-8-19)31-28(30-26)32(3)47(4,42)43)12-11-21(35)16-22(36)17-25(37)44-15-13-23(46-34(40)41)6-5-14-45-33(38)39/h7-12,18,21-23,35-36H,5-6,13-17H2,1-4H3/b12-11+/t21-,22-,23?/m1/s1. The smallest absolute Gasteiger partial charge is 0.308 e. The summed E-state index contributed by atoms with van der Waals surface area (Å²) in [6, 6.07) is 5.36. The molecule has 0 aliphatic carbocycles. The zero-order chi connectivity index (χ0) is 35.3. The van der Waals surface area contributed by atoms with Crippen molar-refractivity contribution >= 4 is 28.0 Å². The van der Waals surface area contributed by atoms with Gasteiger partial charge in [0.15, 0.2) is 0 Å². The fourth-order valence-electron chi connectivity index (χ4n) is 4.22. The van der Waals surface area contributed by atoms with Crippen molar-refractivity contribution in [2.45, 2.75) is 70.2 Å². The van der Waals surface area contributed by atoms with Gasteiger partial charge in [0.1, 0.15) is 11.9 Å². The summed E-state index contributed by atoms with van der Waals surface area (Å²) in [4.78, 5) is 50.6. The van der Waals surface area contributed by atoms with E-state index in [1.807, 2.05) is 13.8 Å². The van der Waals surface area contributed by atoms with E-state index >= 15 is 0 Å². The number of aliphatic hydroxyl groups is 2. The van der Waals surface area contributed by atoms with Gasteiger partial charge in [0.2, 0.25) is 16.0 Å². The Bertz CT molecular complexity index is 1510. The number of hydrogen-bond acceptors (Lipinski definition) is 14. The third-order valence-corrected chi connectivity index (χ3v) is 7.77. The molecule has 0 aliphatic rings. The van der Waals surface area contributed by atoms with E-state index in [4.69, 9.17) is 4.74 Å². The van der Waals surface area contributed by atoms with Crippen molar-refractivity contribution in [2.24, 2.45) is 0 Å². The molecule has 2 N–H and O–H groups in total. The van der Waals surface area contributed by atoms with Gasteiger partial charge in [-0.25, -0.2) is 27.1 Å². The monoisotopic (exact) mass is 687 g/mol. The topological polar surface area (TPSA) is 235 Å². The number of hydrogen-bond donors (Lipinski definition) is 2. The van der Waals surface area contributed by atoms with Gasteiger partial charge in [0.05, 0.1) is 49.5 Å².